The Bertz CT molecular complexity index is 3550. The van der Waals surface area contributed by atoms with Gasteiger partial charge in [0.05, 0.1) is 11.4 Å². The van der Waals surface area contributed by atoms with Crippen LogP contribution in [0.5, 0.6) is 0 Å². The summed E-state index contributed by atoms with van der Waals surface area (Å²) in [5, 5.41) is 11.4. The highest BCUT2D eigenvalue weighted by atomic mass is 16.3. The fourth-order valence-corrected chi connectivity index (χ4v) is 8.76. The van der Waals surface area contributed by atoms with E-state index in [9.17, 15) is 0 Å². The van der Waals surface area contributed by atoms with Crippen molar-refractivity contribution in [3.8, 4) is 11.1 Å². The number of allylic oxidation sites excluding steroid dienone is 1. The Morgan fingerprint density at radius 2 is 1.07 bits per heavy atom. The van der Waals surface area contributed by atoms with Crippen LogP contribution in [0, 0.1) is 0 Å². The standard InChI is InChI=1S/C53H32N2O2/c1-2-11-32(12-3-1)46-24-25-47(43-29-37-15-6-7-16-38(37)39-17-8-9-18-40(39)43)55-53(54-46)42-19-10-20-49-52(42)45-28-35(22-26-48(45)56-49)36-21-23-41-44-27-33-13-4-5-14-34(33)30-51(44)57-50(41)31-36/h1-23,25-31H,24H2. The highest BCUT2D eigenvalue weighted by Crippen LogP contribution is 2.40. The van der Waals surface area contributed by atoms with E-state index in [2.05, 4.69) is 164 Å². The topological polar surface area (TPSA) is 51.0 Å². The molecule has 0 N–H and O–H groups in total. The first kappa shape index (κ1) is 31.8. The Balaban J connectivity index is 1.04. The molecule has 0 spiro atoms. The van der Waals surface area contributed by atoms with Gasteiger partial charge in [-0.3, -0.25) is 0 Å². The molecule has 0 fully saturated rings. The lowest BCUT2D eigenvalue weighted by Crippen LogP contribution is -2.05. The summed E-state index contributed by atoms with van der Waals surface area (Å²) in [6.45, 7) is 0. The molecule has 0 saturated heterocycles. The van der Waals surface area contributed by atoms with E-state index in [1.54, 1.807) is 0 Å². The van der Waals surface area contributed by atoms with Crippen molar-refractivity contribution < 1.29 is 8.83 Å². The van der Waals surface area contributed by atoms with E-state index < -0.39 is 0 Å². The van der Waals surface area contributed by atoms with Crippen LogP contribution in [0.25, 0.3) is 93.0 Å². The molecule has 4 heteroatoms. The Hall–Kier alpha value is -7.56. The predicted octanol–water partition coefficient (Wildman–Crippen LogP) is 14.3. The fourth-order valence-electron chi connectivity index (χ4n) is 8.76. The molecule has 1 aliphatic heterocycles. The number of hydrogen-bond acceptors (Lipinski definition) is 4. The third kappa shape index (κ3) is 5.15. The van der Waals surface area contributed by atoms with Gasteiger partial charge in [-0.05, 0) is 97.5 Å². The molecule has 0 unspecified atom stereocenters. The van der Waals surface area contributed by atoms with Crippen molar-refractivity contribution in [2.24, 2.45) is 9.98 Å². The minimum absolute atomic E-state index is 0.639. The van der Waals surface area contributed by atoms with Crippen LogP contribution >= 0.6 is 0 Å². The van der Waals surface area contributed by atoms with Crippen LogP contribution in [0.2, 0.25) is 0 Å². The summed E-state index contributed by atoms with van der Waals surface area (Å²) >= 11 is 0. The van der Waals surface area contributed by atoms with E-state index in [1.807, 2.05) is 18.2 Å². The summed E-state index contributed by atoms with van der Waals surface area (Å²) in [4.78, 5) is 10.9. The SMILES string of the molecule is C1=C(c2cc3ccccc3c3ccccc23)N=C(c2cccc3oc4ccc(-c5ccc6c(c5)oc5cc7ccccc7cc56)cc4c23)N=C(c2ccccc2)C1. The molecule has 0 bridgehead atoms. The zero-order valence-corrected chi connectivity index (χ0v) is 30.7. The third-order valence-corrected chi connectivity index (χ3v) is 11.5. The molecule has 11 aromatic rings. The molecule has 0 atom stereocenters. The van der Waals surface area contributed by atoms with Crippen molar-refractivity contribution in [1.29, 1.82) is 0 Å². The minimum atomic E-state index is 0.639. The number of hydrogen-bond donors (Lipinski definition) is 0. The fraction of sp³-hybridized carbons (Fsp3) is 0.0189. The van der Waals surface area contributed by atoms with Gasteiger partial charge in [0.25, 0.3) is 0 Å². The molecule has 12 rings (SSSR count). The molecular formula is C53H32N2O2. The molecule has 57 heavy (non-hydrogen) atoms. The van der Waals surface area contributed by atoms with Crippen molar-refractivity contribution in [1.82, 2.24) is 0 Å². The molecule has 9 aromatic carbocycles. The number of furan rings is 2. The summed E-state index contributed by atoms with van der Waals surface area (Å²) in [5.41, 5.74) is 10.5. The summed E-state index contributed by atoms with van der Waals surface area (Å²) in [6.07, 6.45) is 2.87. The van der Waals surface area contributed by atoms with Gasteiger partial charge >= 0.3 is 0 Å². The highest BCUT2D eigenvalue weighted by molar-refractivity contribution is 6.24. The average Bonchev–Trinajstić information content (AvgIpc) is 3.73. The average molecular weight is 729 g/mol. The van der Waals surface area contributed by atoms with E-state index >= 15 is 0 Å². The largest absolute Gasteiger partial charge is 0.456 e. The van der Waals surface area contributed by atoms with E-state index in [1.165, 1.54) is 32.3 Å². The van der Waals surface area contributed by atoms with Gasteiger partial charge < -0.3 is 8.83 Å². The van der Waals surface area contributed by atoms with Crippen molar-refractivity contribution in [2.45, 2.75) is 6.42 Å². The lowest BCUT2D eigenvalue weighted by molar-refractivity contribution is 0.669. The van der Waals surface area contributed by atoms with Gasteiger partial charge in [0.15, 0.2) is 5.84 Å². The van der Waals surface area contributed by atoms with E-state index in [0.29, 0.717) is 12.3 Å². The van der Waals surface area contributed by atoms with E-state index in [0.717, 1.165) is 83.1 Å². The van der Waals surface area contributed by atoms with Gasteiger partial charge in [-0.1, -0.05) is 133 Å². The number of benzene rings is 9. The minimum Gasteiger partial charge on any atom is -0.456 e. The van der Waals surface area contributed by atoms with Crippen molar-refractivity contribution in [2.75, 3.05) is 0 Å². The molecule has 0 aliphatic carbocycles. The zero-order valence-electron chi connectivity index (χ0n) is 30.7. The summed E-state index contributed by atoms with van der Waals surface area (Å²) in [6, 6.07) is 61.9. The maximum atomic E-state index is 6.55. The number of fused-ring (bicyclic) bond motifs is 10. The monoisotopic (exact) mass is 728 g/mol. The molecule has 4 nitrogen and oxygen atoms in total. The molecule has 3 heterocycles. The number of aliphatic imine (C=N–C) groups is 2. The van der Waals surface area contributed by atoms with Crippen molar-refractivity contribution in [3.63, 3.8) is 0 Å². The maximum Gasteiger partial charge on any atom is 0.160 e. The van der Waals surface area contributed by atoms with Crippen LogP contribution in [0.3, 0.4) is 0 Å². The second-order valence-electron chi connectivity index (χ2n) is 14.8. The lowest BCUT2D eigenvalue weighted by Gasteiger charge is -2.12. The van der Waals surface area contributed by atoms with Crippen molar-refractivity contribution >= 4 is 93.4 Å². The van der Waals surface area contributed by atoms with Crippen LogP contribution in [0.1, 0.15) is 23.1 Å². The summed E-state index contributed by atoms with van der Waals surface area (Å²) in [5.74, 6) is 0.657. The molecular weight excluding hydrogens is 697 g/mol. The molecule has 0 saturated carbocycles. The first-order valence-corrected chi connectivity index (χ1v) is 19.4. The third-order valence-electron chi connectivity index (χ3n) is 11.5. The van der Waals surface area contributed by atoms with Gasteiger partial charge in [0.1, 0.15) is 22.3 Å². The van der Waals surface area contributed by atoms with Gasteiger partial charge in [-0.15, -0.1) is 0 Å². The quantitative estimate of drug-likeness (QED) is 0.169. The van der Waals surface area contributed by atoms with Gasteiger partial charge in [0, 0.05) is 39.1 Å². The number of amidine groups is 1. The summed E-state index contributed by atoms with van der Waals surface area (Å²) < 4.78 is 13.0. The van der Waals surface area contributed by atoms with Crippen LogP contribution in [0.15, 0.2) is 201 Å². The zero-order chi connectivity index (χ0) is 37.5. The maximum absolute atomic E-state index is 6.55. The van der Waals surface area contributed by atoms with Gasteiger partial charge in [0.2, 0.25) is 0 Å². The Kier molecular flexibility index (Phi) is 6.96. The normalized spacial score (nSPS) is 13.5. The van der Waals surface area contributed by atoms with Crippen LogP contribution in [-0.4, -0.2) is 11.5 Å². The number of nitrogens with zero attached hydrogens (tertiary/aromatic N) is 2. The Morgan fingerprint density at radius 3 is 1.95 bits per heavy atom. The summed E-state index contributed by atoms with van der Waals surface area (Å²) in [7, 11) is 0. The Morgan fingerprint density at radius 1 is 0.368 bits per heavy atom. The highest BCUT2D eigenvalue weighted by Gasteiger charge is 2.21. The molecule has 0 amide bonds. The van der Waals surface area contributed by atoms with Gasteiger partial charge in [-0.25, -0.2) is 9.98 Å². The van der Waals surface area contributed by atoms with E-state index in [-0.39, 0.29) is 0 Å². The van der Waals surface area contributed by atoms with E-state index in [4.69, 9.17) is 18.8 Å². The molecule has 0 radical (unpaired) electrons. The van der Waals surface area contributed by atoms with Crippen molar-refractivity contribution in [3.05, 3.63) is 199 Å². The van der Waals surface area contributed by atoms with Gasteiger partial charge in [-0.2, -0.15) is 0 Å². The molecule has 266 valence electrons. The second-order valence-corrected chi connectivity index (χ2v) is 14.8. The van der Waals surface area contributed by atoms with Crippen LogP contribution in [-0.2, 0) is 0 Å². The Labute approximate surface area is 327 Å². The van der Waals surface area contributed by atoms with Crippen LogP contribution < -0.4 is 0 Å². The number of rotatable bonds is 4. The van der Waals surface area contributed by atoms with Crippen LogP contribution in [0.4, 0.5) is 0 Å². The molecule has 2 aromatic heterocycles. The first-order valence-electron chi connectivity index (χ1n) is 19.4. The molecule has 1 aliphatic rings. The lowest BCUT2D eigenvalue weighted by atomic mass is 9.95. The first-order chi connectivity index (χ1) is 28.2. The second kappa shape index (κ2) is 12.5. The smallest absolute Gasteiger partial charge is 0.160 e. The predicted molar refractivity (Wildman–Crippen MR) is 238 cm³/mol.